The summed E-state index contributed by atoms with van der Waals surface area (Å²) >= 11 is 0. The Balaban J connectivity index is 2.25. The highest BCUT2D eigenvalue weighted by atomic mass is 16.2. The molecular formula is C14H21N3O. The Morgan fingerprint density at radius 3 is 2.89 bits per heavy atom. The molecule has 0 spiro atoms. The summed E-state index contributed by atoms with van der Waals surface area (Å²) in [4.78, 5) is 23.0. The first-order chi connectivity index (χ1) is 8.59. The van der Waals surface area contributed by atoms with Gasteiger partial charge in [-0.15, -0.1) is 0 Å². The maximum absolute atomic E-state index is 12.2. The molecule has 0 N–H and O–H groups in total. The average molecular weight is 247 g/mol. The highest BCUT2D eigenvalue weighted by molar-refractivity contribution is 5.78. The molecule has 0 aromatic carbocycles. The van der Waals surface area contributed by atoms with Gasteiger partial charge in [0.05, 0.1) is 6.04 Å². The second-order valence-electron chi connectivity index (χ2n) is 5.25. The molecule has 2 heterocycles. The van der Waals surface area contributed by atoms with Crippen LogP contribution in [0, 0.1) is 12.8 Å². The van der Waals surface area contributed by atoms with Crippen LogP contribution in [0.3, 0.4) is 0 Å². The van der Waals surface area contributed by atoms with E-state index in [1.165, 1.54) is 0 Å². The average Bonchev–Trinajstić information content (AvgIpc) is 2.38. The number of aromatic nitrogens is 2. The molecule has 1 amide bonds. The first-order valence-electron chi connectivity index (χ1n) is 6.69. The lowest BCUT2D eigenvalue weighted by atomic mass is 9.99. The van der Waals surface area contributed by atoms with E-state index >= 15 is 0 Å². The Kier molecular flexibility index (Phi) is 3.94. The summed E-state index contributed by atoms with van der Waals surface area (Å²) in [7, 11) is 0. The second-order valence-corrected chi connectivity index (χ2v) is 5.25. The van der Waals surface area contributed by atoms with Crippen LogP contribution in [0.2, 0.25) is 0 Å². The molecule has 4 nitrogen and oxygen atoms in total. The molecule has 4 heteroatoms. The van der Waals surface area contributed by atoms with Crippen molar-refractivity contribution in [3.63, 3.8) is 0 Å². The van der Waals surface area contributed by atoms with E-state index in [2.05, 4.69) is 9.97 Å². The lowest BCUT2D eigenvalue weighted by Crippen LogP contribution is -2.41. The fraction of sp³-hybridized carbons (Fsp3) is 0.643. The third-order valence-electron chi connectivity index (χ3n) is 3.39. The van der Waals surface area contributed by atoms with Gasteiger partial charge in [0, 0.05) is 24.4 Å². The fourth-order valence-electron chi connectivity index (χ4n) is 2.42. The molecule has 0 radical (unpaired) electrons. The summed E-state index contributed by atoms with van der Waals surface area (Å²) in [5, 5.41) is 0. The molecule has 2 rings (SSSR count). The van der Waals surface area contributed by atoms with Crippen LogP contribution in [0.4, 0.5) is 0 Å². The summed E-state index contributed by atoms with van der Waals surface area (Å²) < 4.78 is 0. The van der Waals surface area contributed by atoms with Crippen LogP contribution in [-0.2, 0) is 4.79 Å². The van der Waals surface area contributed by atoms with Crippen LogP contribution in [0.5, 0.6) is 0 Å². The van der Waals surface area contributed by atoms with E-state index in [1.807, 2.05) is 31.7 Å². The number of aryl methyl sites for hydroxylation is 1. The second kappa shape index (κ2) is 5.46. The van der Waals surface area contributed by atoms with E-state index in [1.54, 1.807) is 6.20 Å². The third kappa shape index (κ3) is 2.68. The lowest BCUT2D eigenvalue weighted by molar-refractivity contribution is -0.138. The number of nitrogens with zero attached hydrogens (tertiary/aromatic N) is 3. The number of carbonyl (C=O) groups excluding carboxylic acids is 1. The smallest absolute Gasteiger partial charge is 0.225 e. The number of hydrogen-bond acceptors (Lipinski definition) is 3. The molecule has 1 aliphatic heterocycles. The van der Waals surface area contributed by atoms with Gasteiger partial charge in [0.15, 0.2) is 5.82 Å². The van der Waals surface area contributed by atoms with Gasteiger partial charge in [0.1, 0.15) is 0 Å². The minimum Gasteiger partial charge on any atom is -0.332 e. The van der Waals surface area contributed by atoms with E-state index in [0.717, 1.165) is 37.3 Å². The molecule has 0 aliphatic carbocycles. The van der Waals surface area contributed by atoms with E-state index in [-0.39, 0.29) is 17.9 Å². The van der Waals surface area contributed by atoms with E-state index in [4.69, 9.17) is 0 Å². The molecule has 1 aliphatic rings. The SMILES string of the molecule is Cc1ccnc([C@H]2CCCCN2C(=O)C(C)C)n1. The molecule has 1 aromatic rings. The Hall–Kier alpha value is -1.45. The zero-order valence-electron chi connectivity index (χ0n) is 11.4. The Morgan fingerprint density at radius 1 is 1.44 bits per heavy atom. The molecule has 1 fully saturated rings. The maximum atomic E-state index is 12.2. The van der Waals surface area contributed by atoms with E-state index in [9.17, 15) is 4.79 Å². The minimum atomic E-state index is 0.0374. The summed E-state index contributed by atoms with van der Waals surface area (Å²) in [6, 6.07) is 1.95. The number of hydrogen-bond donors (Lipinski definition) is 0. The highest BCUT2D eigenvalue weighted by Crippen LogP contribution is 2.29. The largest absolute Gasteiger partial charge is 0.332 e. The Bertz CT molecular complexity index is 431. The first kappa shape index (κ1) is 13.0. The van der Waals surface area contributed by atoms with Crippen LogP contribution in [-0.4, -0.2) is 27.3 Å². The minimum absolute atomic E-state index is 0.0374. The molecule has 18 heavy (non-hydrogen) atoms. The van der Waals surface area contributed by atoms with Crippen molar-refractivity contribution in [1.29, 1.82) is 0 Å². The van der Waals surface area contributed by atoms with Crippen molar-refractivity contribution < 1.29 is 4.79 Å². The van der Waals surface area contributed by atoms with Gasteiger partial charge in [-0.05, 0) is 32.3 Å². The van der Waals surface area contributed by atoms with Gasteiger partial charge in [-0.1, -0.05) is 13.8 Å². The molecule has 1 atom stereocenters. The first-order valence-corrected chi connectivity index (χ1v) is 6.69. The van der Waals surface area contributed by atoms with Crippen molar-refractivity contribution in [1.82, 2.24) is 14.9 Å². The van der Waals surface area contributed by atoms with Gasteiger partial charge in [0.2, 0.25) is 5.91 Å². The monoisotopic (exact) mass is 247 g/mol. The lowest BCUT2D eigenvalue weighted by Gasteiger charge is -2.35. The van der Waals surface area contributed by atoms with Crippen molar-refractivity contribution in [2.45, 2.75) is 46.1 Å². The summed E-state index contributed by atoms with van der Waals surface area (Å²) in [5.41, 5.74) is 0.961. The van der Waals surface area contributed by atoms with Crippen LogP contribution in [0.15, 0.2) is 12.3 Å². The van der Waals surface area contributed by atoms with Crippen molar-refractivity contribution in [2.24, 2.45) is 5.92 Å². The quantitative estimate of drug-likeness (QED) is 0.806. The molecule has 0 unspecified atom stereocenters. The van der Waals surface area contributed by atoms with Gasteiger partial charge in [0.25, 0.3) is 0 Å². The van der Waals surface area contributed by atoms with Crippen LogP contribution < -0.4 is 0 Å². The summed E-state index contributed by atoms with van der Waals surface area (Å²) in [6.45, 7) is 6.69. The number of rotatable bonds is 2. The Labute approximate surface area is 108 Å². The van der Waals surface area contributed by atoms with Crippen LogP contribution in [0.25, 0.3) is 0 Å². The zero-order valence-corrected chi connectivity index (χ0v) is 11.4. The summed E-state index contributed by atoms with van der Waals surface area (Å²) in [6.07, 6.45) is 4.98. The van der Waals surface area contributed by atoms with Gasteiger partial charge in [-0.2, -0.15) is 0 Å². The van der Waals surface area contributed by atoms with E-state index < -0.39 is 0 Å². The topological polar surface area (TPSA) is 46.1 Å². The van der Waals surface area contributed by atoms with Gasteiger partial charge in [-0.25, -0.2) is 9.97 Å². The van der Waals surface area contributed by atoms with Crippen LogP contribution >= 0.6 is 0 Å². The van der Waals surface area contributed by atoms with Crippen molar-refractivity contribution >= 4 is 5.91 Å². The molecule has 0 bridgehead atoms. The zero-order chi connectivity index (χ0) is 13.1. The van der Waals surface area contributed by atoms with Crippen molar-refractivity contribution in [3.05, 3.63) is 23.8 Å². The number of likely N-dealkylation sites (tertiary alicyclic amines) is 1. The van der Waals surface area contributed by atoms with Crippen molar-refractivity contribution in [2.75, 3.05) is 6.54 Å². The molecule has 98 valence electrons. The van der Waals surface area contributed by atoms with Gasteiger partial charge < -0.3 is 4.90 Å². The molecular weight excluding hydrogens is 226 g/mol. The number of carbonyl (C=O) groups is 1. The van der Waals surface area contributed by atoms with Crippen molar-refractivity contribution in [3.8, 4) is 0 Å². The highest BCUT2D eigenvalue weighted by Gasteiger charge is 2.30. The van der Waals surface area contributed by atoms with E-state index in [0.29, 0.717) is 0 Å². The third-order valence-corrected chi connectivity index (χ3v) is 3.39. The normalized spacial score (nSPS) is 20.2. The Morgan fingerprint density at radius 2 is 2.22 bits per heavy atom. The number of amides is 1. The standard InChI is InChI=1S/C14H21N3O/c1-10(2)14(18)17-9-5-4-6-12(17)13-15-8-7-11(3)16-13/h7-8,10,12H,4-6,9H2,1-3H3/t12-/m1/s1. The number of piperidine rings is 1. The molecule has 1 saturated heterocycles. The van der Waals surface area contributed by atoms with Crippen LogP contribution in [0.1, 0.15) is 50.7 Å². The van der Waals surface area contributed by atoms with Gasteiger partial charge in [-0.3, -0.25) is 4.79 Å². The fourth-order valence-corrected chi connectivity index (χ4v) is 2.42. The molecule has 0 saturated carbocycles. The maximum Gasteiger partial charge on any atom is 0.225 e. The van der Waals surface area contributed by atoms with Gasteiger partial charge >= 0.3 is 0 Å². The molecule has 1 aromatic heterocycles. The summed E-state index contributed by atoms with van der Waals surface area (Å²) in [5.74, 6) is 1.05. The predicted molar refractivity (Wildman–Crippen MR) is 69.9 cm³/mol. The predicted octanol–water partition coefficient (Wildman–Crippen LogP) is 2.49.